The van der Waals surface area contributed by atoms with Crippen molar-refractivity contribution >= 4 is 0 Å². The molecule has 0 radical (unpaired) electrons. The van der Waals surface area contributed by atoms with Crippen LogP contribution in [0.3, 0.4) is 0 Å². The van der Waals surface area contributed by atoms with E-state index in [0.29, 0.717) is 18.6 Å². The number of aromatic nitrogens is 1. The molecule has 0 aliphatic heterocycles. The standard InChI is InChI=1S/C15H21F3N2O/c1-19-14(11-7-13(21-2)9-20-8-11)10-3-5-12(6-4-10)15(16,17)18/h7-10,12,14,19H,3-6H2,1-2H3. The van der Waals surface area contributed by atoms with Crippen molar-refractivity contribution in [3.05, 3.63) is 24.0 Å². The van der Waals surface area contributed by atoms with Gasteiger partial charge in [0.2, 0.25) is 0 Å². The Kier molecular flexibility index (Phi) is 5.08. The van der Waals surface area contributed by atoms with Crippen molar-refractivity contribution < 1.29 is 17.9 Å². The van der Waals surface area contributed by atoms with Crippen molar-refractivity contribution in [2.24, 2.45) is 11.8 Å². The smallest absolute Gasteiger partial charge is 0.391 e. The molecule has 1 atom stereocenters. The Bertz CT molecular complexity index is 456. The molecule has 1 aliphatic rings. The number of nitrogens with one attached hydrogen (secondary N) is 1. The number of hydrogen-bond donors (Lipinski definition) is 1. The van der Waals surface area contributed by atoms with Crippen molar-refractivity contribution in [3.63, 3.8) is 0 Å². The van der Waals surface area contributed by atoms with E-state index in [1.807, 2.05) is 13.1 Å². The summed E-state index contributed by atoms with van der Waals surface area (Å²) in [5.41, 5.74) is 0.965. The SMILES string of the molecule is CNC(c1cncc(OC)c1)C1CCC(C(F)(F)F)CC1. The van der Waals surface area contributed by atoms with Gasteiger partial charge in [-0.1, -0.05) is 0 Å². The summed E-state index contributed by atoms with van der Waals surface area (Å²) in [6.07, 6.45) is 0.890. The molecule has 21 heavy (non-hydrogen) atoms. The molecule has 0 aromatic carbocycles. The van der Waals surface area contributed by atoms with Crippen LogP contribution in [-0.4, -0.2) is 25.3 Å². The van der Waals surface area contributed by atoms with Crippen molar-refractivity contribution in [3.8, 4) is 5.75 Å². The fourth-order valence-electron chi connectivity index (χ4n) is 3.17. The lowest BCUT2D eigenvalue weighted by molar-refractivity contribution is -0.184. The third-order valence-electron chi connectivity index (χ3n) is 4.35. The van der Waals surface area contributed by atoms with Gasteiger partial charge in [-0.2, -0.15) is 13.2 Å². The Morgan fingerprint density at radius 2 is 1.90 bits per heavy atom. The zero-order valence-corrected chi connectivity index (χ0v) is 12.3. The predicted molar refractivity (Wildman–Crippen MR) is 74.1 cm³/mol. The van der Waals surface area contributed by atoms with Gasteiger partial charge in [-0.15, -0.1) is 0 Å². The van der Waals surface area contributed by atoms with Crippen LogP contribution in [0, 0.1) is 11.8 Å². The summed E-state index contributed by atoms with van der Waals surface area (Å²) in [4.78, 5) is 4.13. The highest BCUT2D eigenvalue weighted by atomic mass is 19.4. The lowest BCUT2D eigenvalue weighted by atomic mass is 9.76. The Balaban J connectivity index is 2.06. The molecule has 1 saturated carbocycles. The monoisotopic (exact) mass is 302 g/mol. The van der Waals surface area contributed by atoms with Gasteiger partial charge in [0.15, 0.2) is 0 Å². The number of halogens is 3. The molecular weight excluding hydrogens is 281 g/mol. The Labute approximate surface area is 122 Å². The minimum absolute atomic E-state index is 0.0155. The fourth-order valence-corrected chi connectivity index (χ4v) is 3.17. The third kappa shape index (κ3) is 3.87. The number of hydrogen-bond acceptors (Lipinski definition) is 3. The van der Waals surface area contributed by atoms with Crippen LogP contribution in [-0.2, 0) is 0 Å². The second-order valence-electron chi connectivity index (χ2n) is 5.58. The average molecular weight is 302 g/mol. The van der Waals surface area contributed by atoms with E-state index in [9.17, 15) is 13.2 Å². The van der Waals surface area contributed by atoms with Crippen LogP contribution in [0.5, 0.6) is 5.75 Å². The van der Waals surface area contributed by atoms with Gasteiger partial charge in [-0.3, -0.25) is 4.98 Å². The van der Waals surface area contributed by atoms with Gasteiger partial charge in [0.25, 0.3) is 0 Å². The Morgan fingerprint density at radius 1 is 1.24 bits per heavy atom. The zero-order valence-electron chi connectivity index (χ0n) is 12.3. The van der Waals surface area contributed by atoms with E-state index in [1.54, 1.807) is 19.5 Å². The number of alkyl halides is 3. The Morgan fingerprint density at radius 3 is 2.43 bits per heavy atom. The van der Waals surface area contributed by atoms with Gasteiger partial charge in [-0.05, 0) is 50.3 Å². The van der Waals surface area contributed by atoms with Crippen molar-refractivity contribution in [2.75, 3.05) is 14.2 Å². The van der Waals surface area contributed by atoms with Gasteiger partial charge >= 0.3 is 6.18 Å². The highest BCUT2D eigenvalue weighted by molar-refractivity contribution is 5.26. The third-order valence-corrected chi connectivity index (χ3v) is 4.35. The molecule has 0 spiro atoms. The first-order valence-corrected chi connectivity index (χ1v) is 7.18. The normalized spacial score (nSPS) is 24.6. The first-order valence-electron chi connectivity index (χ1n) is 7.18. The van der Waals surface area contributed by atoms with Crippen molar-refractivity contribution in [1.82, 2.24) is 10.3 Å². The number of nitrogens with zero attached hydrogens (tertiary/aromatic N) is 1. The highest BCUT2D eigenvalue weighted by Gasteiger charge is 2.42. The van der Waals surface area contributed by atoms with Crippen molar-refractivity contribution in [2.45, 2.75) is 37.9 Å². The van der Waals surface area contributed by atoms with E-state index in [4.69, 9.17) is 4.74 Å². The van der Waals surface area contributed by atoms with Gasteiger partial charge in [0.1, 0.15) is 5.75 Å². The summed E-state index contributed by atoms with van der Waals surface area (Å²) in [6.45, 7) is 0. The lowest BCUT2D eigenvalue weighted by Gasteiger charge is -2.34. The molecule has 1 fully saturated rings. The van der Waals surface area contributed by atoms with Gasteiger partial charge in [-0.25, -0.2) is 0 Å². The predicted octanol–water partition coefficient (Wildman–Crippen LogP) is 3.72. The molecule has 1 N–H and O–H groups in total. The molecule has 0 saturated heterocycles. The van der Waals surface area contributed by atoms with Crippen LogP contribution >= 0.6 is 0 Å². The van der Waals surface area contributed by atoms with Crippen molar-refractivity contribution in [1.29, 1.82) is 0 Å². The molecule has 1 aliphatic carbocycles. The van der Waals surface area contributed by atoms with Crippen LogP contribution in [0.15, 0.2) is 18.5 Å². The van der Waals surface area contributed by atoms with Gasteiger partial charge in [0.05, 0.1) is 19.2 Å². The number of pyridine rings is 1. The largest absolute Gasteiger partial charge is 0.495 e. The van der Waals surface area contributed by atoms with Gasteiger partial charge in [0, 0.05) is 12.2 Å². The minimum atomic E-state index is -4.06. The topological polar surface area (TPSA) is 34.2 Å². The quantitative estimate of drug-likeness (QED) is 0.920. The number of methoxy groups -OCH3 is 1. The lowest BCUT2D eigenvalue weighted by Crippen LogP contribution is -2.33. The molecule has 1 aromatic heterocycles. The molecule has 118 valence electrons. The number of ether oxygens (including phenoxy) is 1. The maximum Gasteiger partial charge on any atom is 0.391 e. The average Bonchev–Trinajstić information content (AvgIpc) is 2.48. The summed E-state index contributed by atoms with van der Waals surface area (Å²) in [5.74, 6) is -0.283. The van der Waals surface area contributed by atoms with Crippen LogP contribution in [0.1, 0.15) is 37.3 Å². The van der Waals surface area contributed by atoms with E-state index in [-0.39, 0.29) is 24.8 Å². The molecule has 0 bridgehead atoms. The van der Waals surface area contributed by atoms with Crippen LogP contribution in [0.25, 0.3) is 0 Å². The molecule has 1 unspecified atom stereocenters. The summed E-state index contributed by atoms with van der Waals surface area (Å²) in [6, 6.07) is 1.91. The van der Waals surface area contributed by atoms with E-state index in [0.717, 1.165) is 5.56 Å². The van der Waals surface area contributed by atoms with E-state index in [1.165, 1.54) is 0 Å². The minimum Gasteiger partial charge on any atom is -0.495 e. The first kappa shape index (κ1) is 16.1. The molecule has 6 heteroatoms. The van der Waals surface area contributed by atoms with Crippen LogP contribution in [0.4, 0.5) is 13.2 Å². The highest BCUT2D eigenvalue weighted by Crippen LogP contribution is 2.43. The second kappa shape index (κ2) is 6.64. The van der Waals surface area contributed by atoms with E-state index >= 15 is 0 Å². The summed E-state index contributed by atoms with van der Waals surface area (Å²) in [7, 11) is 3.41. The maximum absolute atomic E-state index is 12.7. The van der Waals surface area contributed by atoms with Gasteiger partial charge < -0.3 is 10.1 Å². The molecule has 2 rings (SSSR count). The Hall–Kier alpha value is -1.30. The molecule has 1 aromatic rings. The zero-order chi connectivity index (χ0) is 15.5. The summed E-state index contributed by atoms with van der Waals surface area (Å²) < 4.78 is 43.4. The van der Waals surface area contributed by atoms with Crippen LogP contribution in [0.2, 0.25) is 0 Å². The summed E-state index contributed by atoms with van der Waals surface area (Å²) >= 11 is 0. The molecular formula is C15H21F3N2O. The van der Waals surface area contributed by atoms with E-state index < -0.39 is 12.1 Å². The maximum atomic E-state index is 12.7. The second-order valence-corrected chi connectivity index (χ2v) is 5.58. The molecule has 3 nitrogen and oxygen atoms in total. The fraction of sp³-hybridized carbons (Fsp3) is 0.667. The number of rotatable bonds is 4. The van der Waals surface area contributed by atoms with E-state index in [2.05, 4.69) is 10.3 Å². The summed E-state index contributed by atoms with van der Waals surface area (Å²) in [5, 5.41) is 3.22. The first-order chi connectivity index (χ1) is 9.95. The molecule has 0 amide bonds. The molecule has 1 heterocycles. The van der Waals surface area contributed by atoms with Crippen LogP contribution < -0.4 is 10.1 Å².